The normalized spacial score (nSPS) is 16.9. The maximum Gasteiger partial charge on any atom is 0.0573 e. The molecule has 0 spiro atoms. The summed E-state index contributed by atoms with van der Waals surface area (Å²) in [6, 6.07) is 0. The Morgan fingerprint density at radius 2 is 1.28 bits per heavy atom. The Hall–Kier alpha value is -0.570. The van der Waals surface area contributed by atoms with Crippen LogP contribution in [-0.4, -0.2) is 23.3 Å². The fourth-order valence-corrected chi connectivity index (χ4v) is 3.82. The maximum absolute atomic E-state index is 4.15. The third-order valence-corrected chi connectivity index (χ3v) is 6.02. The van der Waals surface area contributed by atoms with E-state index < -0.39 is 0 Å². The van der Waals surface area contributed by atoms with E-state index in [1.165, 1.54) is 103 Å². The van der Waals surface area contributed by atoms with Crippen molar-refractivity contribution in [2.24, 2.45) is 5.10 Å². The van der Waals surface area contributed by atoms with E-state index in [4.69, 9.17) is 0 Å². The molecule has 0 aliphatic carbocycles. The molecule has 0 aromatic rings. The molecular formula is C22H45N3. The molecule has 1 unspecified atom stereocenters. The average Bonchev–Trinajstić information content (AvgIpc) is 3.17. The van der Waals surface area contributed by atoms with Gasteiger partial charge in [-0.2, -0.15) is 10.1 Å². The van der Waals surface area contributed by atoms with Crippen LogP contribution in [0.25, 0.3) is 0 Å². The van der Waals surface area contributed by atoms with Crippen LogP contribution in [0.1, 0.15) is 124 Å². The Kier molecular flexibility index (Phi) is 13.1. The highest BCUT2D eigenvalue weighted by molar-refractivity contribution is 5.60. The number of rotatable bonds is 17. The highest BCUT2D eigenvalue weighted by Crippen LogP contribution is 2.26. The third-order valence-electron chi connectivity index (χ3n) is 6.02. The molecule has 3 heteroatoms. The zero-order valence-corrected chi connectivity index (χ0v) is 17.5. The van der Waals surface area contributed by atoms with Crippen molar-refractivity contribution in [3.8, 4) is 0 Å². The molecule has 1 heterocycles. The molecule has 1 aliphatic heterocycles. The van der Waals surface area contributed by atoms with Crippen LogP contribution in [0, 0.1) is 0 Å². The molecule has 0 amide bonds. The summed E-state index contributed by atoms with van der Waals surface area (Å²) in [7, 11) is 0. The number of hydrogen-bond acceptors (Lipinski definition) is 3. The van der Waals surface area contributed by atoms with Gasteiger partial charge in [-0.3, -0.25) is 0 Å². The van der Waals surface area contributed by atoms with Crippen LogP contribution in [0.2, 0.25) is 0 Å². The molecule has 1 N–H and O–H groups in total. The molecule has 0 bridgehead atoms. The smallest absolute Gasteiger partial charge is 0.0573 e. The zero-order valence-electron chi connectivity index (χ0n) is 17.5. The summed E-state index contributed by atoms with van der Waals surface area (Å²) in [6.07, 6.45) is 24.5. The highest BCUT2D eigenvalue weighted by atomic mass is 15.7. The summed E-state index contributed by atoms with van der Waals surface area (Å²) < 4.78 is 0. The first-order chi connectivity index (χ1) is 12.2. The van der Waals surface area contributed by atoms with Crippen molar-refractivity contribution in [2.45, 2.75) is 129 Å². The first-order valence-corrected chi connectivity index (χ1v) is 11.3. The summed E-state index contributed by atoms with van der Waals surface area (Å²) in [5.41, 5.74) is 3.41. The van der Waals surface area contributed by atoms with Gasteiger partial charge in [0.15, 0.2) is 0 Å². The Labute approximate surface area is 158 Å². The topological polar surface area (TPSA) is 27.6 Å². The van der Waals surface area contributed by atoms with E-state index in [1.54, 1.807) is 0 Å². The molecule has 0 aromatic heterocycles. The van der Waals surface area contributed by atoms with Crippen LogP contribution in [0.4, 0.5) is 0 Å². The standard InChI is InChI=1S/C22H45N3/c1-4-6-7-8-9-10-11-12-13-14-15-16-17-18-19-22(3,5-2)25-21-20-23-24-25/h20,24H,4-19,21H2,1-3H3. The van der Waals surface area contributed by atoms with E-state index in [1.807, 2.05) is 6.21 Å². The summed E-state index contributed by atoms with van der Waals surface area (Å²) in [5, 5.41) is 6.45. The Morgan fingerprint density at radius 1 is 0.800 bits per heavy atom. The van der Waals surface area contributed by atoms with Gasteiger partial charge in [-0.15, -0.1) is 0 Å². The third kappa shape index (κ3) is 10.2. The van der Waals surface area contributed by atoms with Crippen LogP contribution in [-0.2, 0) is 0 Å². The second-order valence-electron chi connectivity index (χ2n) is 8.22. The van der Waals surface area contributed by atoms with E-state index in [0.29, 0.717) is 0 Å². The van der Waals surface area contributed by atoms with Crippen LogP contribution in [0.15, 0.2) is 5.10 Å². The first kappa shape index (κ1) is 22.5. The van der Waals surface area contributed by atoms with Crippen molar-refractivity contribution in [3.05, 3.63) is 0 Å². The second kappa shape index (κ2) is 14.6. The quantitative estimate of drug-likeness (QED) is 0.291. The fraction of sp³-hybridized carbons (Fsp3) is 0.955. The van der Waals surface area contributed by atoms with Gasteiger partial charge in [0, 0.05) is 11.8 Å². The van der Waals surface area contributed by atoms with Gasteiger partial charge in [-0.1, -0.05) is 104 Å². The Balaban J connectivity index is 1.85. The van der Waals surface area contributed by atoms with Gasteiger partial charge in [0.2, 0.25) is 0 Å². The molecule has 148 valence electrons. The SMILES string of the molecule is CCCCCCCCCCCCCCCCC(C)(CC)N1CC=NN1. The molecule has 0 saturated carbocycles. The summed E-state index contributed by atoms with van der Waals surface area (Å²) >= 11 is 0. The second-order valence-corrected chi connectivity index (χ2v) is 8.22. The lowest BCUT2D eigenvalue weighted by atomic mass is 9.90. The minimum Gasteiger partial charge on any atom is -0.240 e. The van der Waals surface area contributed by atoms with Gasteiger partial charge in [0.05, 0.1) is 6.54 Å². The van der Waals surface area contributed by atoms with Gasteiger partial charge >= 0.3 is 0 Å². The highest BCUT2D eigenvalue weighted by Gasteiger charge is 2.30. The average molecular weight is 352 g/mol. The molecule has 1 aliphatic rings. The van der Waals surface area contributed by atoms with Gasteiger partial charge < -0.3 is 0 Å². The minimum absolute atomic E-state index is 0.258. The van der Waals surface area contributed by atoms with Crippen molar-refractivity contribution < 1.29 is 0 Å². The molecule has 1 rings (SSSR count). The number of hydrazone groups is 1. The molecule has 1 atom stereocenters. The number of hydrogen-bond donors (Lipinski definition) is 1. The number of unbranched alkanes of at least 4 members (excludes halogenated alkanes) is 13. The largest absolute Gasteiger partial charge is 0.240 e. The van der Waals surface area contributed by atoms with E-state index >= 15 is 0 Å². The lowest BCUT2D eigenvalue weighted by Gasteiger charge is -2.37. The van der Waals surface area contributed by atoms with Crippen molar-refractivity contribution in [1.82, 2.24) is 10.5 Å². The summed E-state index contributed by atoms with van der Waals surface area (Å²) in [5.74, 6) is 0. The van der Waals surface area contributed by atoms with Crippen LogP contribution < -0.4 is 5.53 Å². The van der Waals surface area contributed by atoms with Crippen molar-refractivity contribution in [2.75, 3.05) is 6.54 Å². The molecule has 0 saturated heterocycles. The van der Waals surface area contributed by atoms with Crippen molar-refractivity contribution >= 4 is 6.21 Å². The molecule has 0 aromatic carbocycles. The maximum atomic E-state index is 4.15. The molecule has 0 fully saturated rings. The summed E-state index contributed by atoms with van der Waals surface area (Å²) in [4.78, 5) is 0. The van der Waals surface area contributed by atoms with Gasteiger partial charge in [-0.05, 0) is 19.8 Å². The Morgan fingerprint density at radius 3 is 1.68 bits per heavy atom. The van der Waals surface area contributed by atoms with Crippen LogP contribution in [0.3, 0.4) is 0 Å². The first-order valence-electron chi connectivity index (χ1n) is 11.3. The van der Waals surface area contributed by atoms with Gasteiger partial charge in [-0.25, -0.2) is 5.53 Å². The van der Waals surface area contributed by atoms with Crippen LogP contribution >= 0.6 is 0 Å². The molecule has 25 heavy (non-hydrogen) atoms. The molecule has 0 radical (unpaired) electrons. The summed E-state index contributed by atoms with van der Waals surface area (Å²) in [6.45, 7) is 7.91. The van der Waals surface area contributed by atoms with E-state index in [2.05, 4.69) is 36.4 Å². The van der Waals surface area contributed by atoms with Crippen LogP contribution in [0.5, 0.6) is 0 Å². The number of hydrazine groups is 1. The Bertz CT molecular complexity index is 321. The lowest BCUT2D eigenvalue weighted by molar-refractivity contribution is 0.0640. The number of nitrogens with zero attached hydrogens (tertiary/aromatic N) is 2. The fourth-order valence-electron chi connectivity index (χ4n) is 3.82. The van der Waals surface area contributed by atoms with Gasteiger partial charge in [0.1, 0.15) is 0 Å². The predicted octanol–water partition coefficient (Wildman–Crippen LogP) is 6.83. The predicted molar refractivity (Wildman–Crippen MR) is 112 cm³/mol. The zero-order chi connectivity index (χ0) is 18.2. The van der Waals surface area contributed by atoms with E-state index in [0.717, 1.165) is 6.54 Å². The monoisotopic (exact) mass is 351 g/mol. The van der Waals surface area contributed by atoms with Crippen molar-refractivity contribution in [3.63, 3.8) is 0 Å². The van der Waals surface area contributed by atoms with Crippen molar-refractivity contribution in [1.29, 1.82) is 0 Å². The lowest BCUT2D eigenvalue weighted by Crippen LogP contribution is -2.49. The molecular weight excluding hydrogens is 306 g/mol. The van der Waals surface area contributed by atoms with E-state index in [-0.39, 0.29) is 5.54 Å². The molecule has 3 nitrogen and oxygen atoms in total. The van der Waals surface area contributed by atoms with E-state index in [9.17, 15) is 0 Å². The number of nitrogens with one attached hydrogen (secondary N) is 1. The van der Waals surface area contributed by atoms with Gasteiger partial charge in [0.25, 0.3) is 0 Å². The minimum atomic E-state index is 0.258.